The lowest BCUT2D eigenvalue weighted by Crippen LogP contribution is -2.21. The summed E-state index contributed by atoms with van der Waals surface area (Å²) in [7, 11) is 2.00. The predicted molar refractivity (Wildman–Crippen MR) is 76.1 cm³/mol. The van der Waals surface area contributed by atoms with Crippen molar-refractivity contribution in [3.8, 4) is 0 Å². The third kappa shape index (κ3) is 3.07. The summed E-state index contributed by atoms with van der Waals surface area (Å²) in [5, 5.41) is 7.99. The van der Waals surface area contributed by atoms with Crippen LogP contribution in [0.2, 0.25) is 0 Å². The minimum Gasteiger partial charge on any atom is -0.472 e. The van der Waals surface area contributed by atoms with Crippen molar-refractivity contribution in [2.75, 3.05) is 6.54 Å². The van der Waals surface area contributed by atoms with Crippen LogP contribution in [0.15, 0.2) is 23.0 Å². The van der Waals surface area contributed by atoms with Crippen molar-refractivity contribution < 1.29 is 4.42 Å². The molecule has 0 saturated heterocycles. The molecule has 1 N–H and O–H groups in total. The molecule has 2 aromatic heterocycles. The first-order valence-corrected chi connectivity index (χ1v) is 6.88. The number of aryl methyl sites for hydroxylation is 2. The van der Waals surface area contributed by atoms with E-state index >= 15 is 0 Å². The maximum Gasteiger partial charge on any atom is 0.0950 e. The lowest BCUT2D eigenvalue weighted by atomic mass is 10.00. The van der Waals surface area contributed by atoms with Crippen LogP contribution in [0, 0.1) is 13.8 Å². The highest BCUT2D eigenvalue weighted by molar-refractivity contribution is 5.25. The van der Waals surface area contributed by atoms with Gasteiger partial charge in [0, 0.05) is 24.3 Å². The summed E-state index contributed by atoms with van der Waals surface area (Å²) in [5.41, 5.74) is 5.00. The van der Waals surface area contributed by atoms with Crippen LogP contribution in [0.4, 0.5) is 0 Å². The first kappa shape index (κ1) is 13.9. The van der Waals surface area contributed by atoms with E-state index in [4.69, 9.17) is 4.42 Å². The largest absolute Gasteiger partial charge is 0.472 e. The van der Waals surface area contributed by atoms with Crippen LogP contribution in [0.3, 0.4) is 0 Å². The highest BCUT2D eigenvalue weighted by Gasteiger charge is 2.15. The van der Waals surface area contributed by atoms with Gasteiger partial charge in [0.15, 0.2) is 0 Å². The molecule has 0 aromatic carbocycles. The molecule has 0 radical (unpaired) electrons. The highest BCUT2D eigenvalue weighted by atomic mass is 16.3. The van der Waals surface area contributed by atoms with Crippen molar-refractivity contribution in [2.45, 2.75) is 39.7 Å². The molecule has 2 rings (SSSR count). The van der Waals surface area contributed by atoms with E-state index in [1.807, 2.05) is 24.1 Å². The molecule has 0 saturated carbocycles. The SMILES string of the molecule is CCNC(CCc1c(C)nn(C)c1C)c1ccoc1. The summed E-state index contributed by atoms with van der Waals surface area (Å²) in [6.07, 6.45) is 5.66. The van der Waals surface area contributed by atoms with Crippen molar-refractivity contribution in [1.82, 2.24) is 15.1 Å². The van der Waals surface area contributed by atoms with Crippen molar-refractivity contribution in [3.63, 3.8) is 0 Å². The Morgan fingerprint density at radius 1 is 1.42 bits per heavy atom. The molecule has 1 atom stereocenters. The van der Waals surface area contributed by atoms with E-state index in [1.165, 1.54) is 16.8 Å². The van der Waals surface area contributed by atoms with Gasteiger partial charge in [-0.25, -0.2) is 0 Å². The van der Waals surface area contributed by atoms with Crippen molar-refractivity contribution >= 4 is 0 Å². The van der Waals surface area contributed by atoms with Crippen LogP contribution in [0.25, 0.3) is 0 Å². The van der Waals surface area contributed by atoms with Crippen LogP contribution >= 0.6 is 0 Å². The van der Waals surface area contributed by atoms with Gasteiger partial charge < -0.3 is 9.73 Å². The summed E-state index contributed by atoms with van der Waals surface area (Å²) in [5.74, 6) is 0. The van der Waals surface area contributed by atoms with E-state index in [0.717, 1.165) is 25.1 Å². The zero-order chi connectivity index (χ0) is 13.8. The molecular weight excluding hydrogens is 238 g/mol. The number of hydrogen-bond donors (Lipinski definition) is 1. The third-order valence-corrected chi connectivity index (χ3v) is 3.74. The van der Waals surface area contributed by atoms with Gasteiger partial charge in [-0.15, -0.1) is 0 Å². The number of rotatable bonds is 6. The van der Waals surface area contributed by atoms with Gasteiger partial charge in [0.25, 0.3) is 0 Å². The molecule has 0 fully saturated rings. The number of aromatic nitrogens is 2. The summed E-state index contributed by atoms with van der Waals surface area (Å²) in [4.78, 5) is 0. The monoisotopic (exact) mass is 261 g/mol. The molecule has 4 nitrogen and oxygen atoms in total. The summed E-state index contributed by atoms with van der Waals surface area (Å²) in [6.45, 7) is 7.31. The molecule has 0 spiro atoms. The van der Waals surface area contributed by atoms with Gasteiger partial charge in [-0.3, -0.25) is 4.68 Å². The molecular formula is C15H23N3O. The van der Waals surface area contributed by atoms with Gasteiger partial charge in [-0.2, -0.15) is 5.10 Å². The molecule has 19 heavy (non-hydrogen) atoms. The first-order chi connectivity index (χ1) is 9.13. The van der Waals surface area contributed by atoms with E-state index in [9.17, 15) is 0 Å². The third-order valence-electron chi connectivity index (χ3n) is 3.74. The smallest absolute Gasteiger partial charge is 0.0950 e. The maximum atomic E-state index is 5.19. The summed E-state index contributed by atoms with van der Waals surface area (Å²) in [6, 6.07) is 2.39. The maximum absolute atomic E-state index is 5.19. The van der Waals surface area contributed by atoms with E-state index in [-0.39, 0.29) is 0 Å². The average Bonchev–Trinajstić information content (AvgIpc) is 2.97. The minimum absolute atomic E-state index is 0.350. The van der Waals surface area contributed by atoms with Gasteiger partial charge in [-0.1, -0.05) is 6.92 Å². The number of nitrogens with one attached hydrogen (secondary N) is 1. The normalized spacial score (nSPS) is 12.8. The van der Waals surface area contributed by atoms with Gasteiger partial charge in [0.2, 0.25) is 0 Å². The van der Waals surface area contributed by atoms with Crippen molar-refractivity contribution in [3.05, 3.63) is 41.1 Å². The number of furan rings is 1. The molecule has 2 aromatic rings. The van der Waals surface area contributed by atoms with E-state index < -0.39 is 0 Å². The Morgan fingerprint density at radius 3 is 2.74 bits per heavy atom. The average molecular weight is 261 g/mol. The molecule has 104 valence electrons. The highest BCUT2D eigenvalue weighted by Crippen LogP contribution is 2.22. The Bertz CT molecular complexity index is 514. The zero-order valence-electron chi connectivity index (χ0n) is 12.2. The first-order valence-electron chi connectivity index (χ1n) is 6.88. The molecule has 1 unspecified atom stereocenters. The Balaban J connectivity index is 2.07. The Hall–Kier alpha value is -1.55. The molecule has 0 aliphatic rings. The van der Waals surface area contributed by atoms with Crippen molar-refractivity contribution in [2.24, 2.45) is 7.05 Å². The minimum atomic E-state index is 0.350. The molecule has 0 bridgehead atoms. The molecule has 0 amide bonds. The number of hydrogen-bond acceptors (Lipinski definition) is 3. The topological polar surface area (TPSA) is 43.0 Å². The molecule has 4 heteroatoms. The lowest BCUT2D eigenvalue weighted by Gasteiger charge is -2.16. The molecule has 2 heterocycles. The molecule has 0 aliphatic heterocycles. The van der Waals surface area contributed by atoms with Gasteiger partial charge in [0.1, 0.15) is 0 Å². The fraction of sp³-hybridized carbons (Fsp3) is 0.533. The zero-order valence-corrected chi connectivity index (χ0v) is 12.2. The Morgan fingerprint density at radius 2 is 2.21 bits per heavy atom. The van der Waals surface area contributed by atoms with Crippen LogP contribution < -0.4 is 5.32 Å². The standard InChI is InChI=1S/C15H23N3O/c1-5-16-15(13-8-9-19-10-13)7-6-14-11(2)17-18(4)12(14)3/h8-10,15-16H,5-7H2,1-4H3. The van der Waals surface area contributed by atoms with E-state index in [1.54, 1.807) is 6.26 Å². The second-order valence-corrected chi connectivity index (χ2v) is 4.98. The van der Waals surface area contributed by atoms with Gasteiger partial charge in [-0.05, 0) is 44.9 Å². The second-order valence-electron chi connectivity index (χ2n) is 4.98. The fourth-order valence-electron chi connectivity index (χ4n) is 2.57. The van der Waals surface area contributed by atoms with Gasteiger partial charge >= 0.3 is 0 Å². The van der Waals surface area contributed by atoms with Crippen molar-refractivity contribution in [1.29, 1.82) is 0 Å². The van der Waals surface area contributed by atoms with Gasteiger partial charge in [0.05, 0.1) is 18.2 Å². The van der Waals surface area contributed by atoms with E-state index in [0.29, 0.717) is 6.04 Å². The molecule has 0 aliphatic carbocycles. The second kappa shape index (κ2) is 6.06. The quantitative estimate of drug-likeness (QED) is 0.869. The van der Waals surface area contributed by atoms with E-state index in [2.05, 4.69) is 31.2 Å². The van der Waals surface area contributed by atoms with Crippen LogP contribution in [-0.4, -0.2) is 16.3 Å². The lowest BCUT2D eigenvalue weighted by molar-refractivity contribution is 0.500. The fourth-order valence-corrected chi connectivity index (χ4v) is 2.57. The number of nitrogens with zero attached hydrogens (tertiary/aromatic N) is 2. The Labute approximate surface area is 114 Å². The predicted octanol–water partition coefficient (Wildman–Crippen LogP) is 2.91. The van der Waals surface area contributed by atoms with Crippen LogP contribution in [0.5, 0.6) is 0 Å². The Kier molecular flexibility index (Phi) is 4.43. The summed E-state index contributed by atoms with van der Waals surface area (Å²) < 4.78 is 7.15. The van der Waals surface area contributed by atoms with Crippen LogP contribution in [-0.2, 0) is 13.5 Å². The van der Waals surface area contributed by atoms with Crippen LogP contribution in [0.1, 0.15) is 41.9 Å². The summed E-state index contributed by atoms with van der Waals surface area (Å²) >= 11 is 0.